The molecule has 0 fully saturated rings. The third-order valence-electron chi connectivity index (χ3n) is 3.42. The van der Waals surface area contributed by atoms with E-state index in [0.29, 0.717) is 12.0 Å². The van der Waals surface area contributed by atoms with Crippen LogP contribution in [-0.2, 0) is 6.54 Å². The number of guanidine groups is 1. The molecule has 21 heavy (non-hydrogen) atoms. The minimum absolute atomic E-state index is 0. The summed E-state index contributed by atoms with van der Waals surface area (Å²) in [4.78, 5) is 4.25. The molecule has 0 aliphatic carbocycles. The van der Waals surface area contributed by atoms with E-state index < -0.39 is 0 Å². The topological polar surface area (TPSA) is 65.1 Å². The van der Waals surface area contributed by atoms with Gasteiger partial charge in [-0.2, -0.15) is 5.10 Å². The van der Waals surface area contributed by atoms with Crippen molar-refractivity contribution in [2.24, 2.45) is 10.4 Å². The summed E-state index contributed by atoms with van der Waals surface area (Å²) in [5.74, 6) is 0.836. The molecule has 3 N–H and O–H groups in total. The van der Waals surface area contributed by atoms with E-state index in [1.165, 1.54) is 25.7 Å². The molecule has 0 amide bonds. The third-order valence-corrected chi connectivity index (χ3v) is 3.42. The van der Waals surface area contributed by atoms with Crippen LogP contribution in [0.15, 0.2) is 17.3 Å². The smallest absolute Gasteiger partial charge is 0.191 e. The Balaban J connectivity index is 0.00000400. The van der Waals surface area contributed by atoms with Crippen LogP contribution in [0.4, 0.5) is 0 Å². The predicted molar refractivity (Wildman–Crippen MR) is 100 cm³/mol. The monoisotopic (exact) mass is 407 g/mol. The lowest BCUT2D eigenvalue weighted by Gasteiger charge is -2.26. The number of nitrogens with zero attached hydrogens (tertiary/aromatic N) is 2. The maximum absolute atomic E-state index is 4.25. The van der Waals surface area contributed by atoms with E-state index in [9.17, 15) is 0 Å². The molecule has 1 heterocycles. The van der Waals surface area contributed by atoms with Crippen LogP contribution in [-0.4, -0.2) is 29.7 Å². The second-order valence-electron chi connectivity index (χ2n) is 5.98. The number of aromatic amines is 1. The molecule has 0 unspecified atom stereocenters. The second kappa shape index (κ2) is 10.9. The Labute approximate surface area is 145 Å². The summed E-state index contributed by atoms with van der Waals surface area (Å²) < 4.78 is 0. The van der Waals surface area contributed by atoms with Crippen LogP contribution in [0.5, 0.6) is 0 Å². The molecule has 1 aromatic rings. The first-order valence-electron chi connectivity index (χ1n) is 7.50. The van der Waals surface area contributed by atoms with Gasteiger partial charge >= 0.3 is 0 Å². The van der Waals surface area contributed by atoms with Crippen molar-refractivity contribution in [2.45, 2.75) is 53.0 Å². The normalized spacial score (nSPS) is 11.9. The molecular formula is C15H30IN5. The number of aliphatic imine (C=N–C) groups is 1. The Morgan fingerprint density at radius 1 is 1.33 bits per heavy atom. The van der Waals surface area contributed by atoms with Crippen LogP contribution in [0.1, 0.15) is 52.1 Å². The number of aromatic nitrogens is 2. The molecule has 0 saturated carbocycles. The number of unbranched alkanes of at least 4 members (excludes halogenated alkanes) is 2. The minimum Gasteiger partial charge on any atom is -0.356 e. The molecule has 1 aromatic heterocycles. The highest BCUT2D eigenvalue weighted by molar-refractivity contribution is 14.0. The third kappa shape index (κ3) is 8.95. The van der Waals surface area contributed by atoms with Gasteiger partial charge in [-0.25, -0.2) is 0 Å². The van der Waals surface area contributed by atoms with Crippen molar-refractivity contribution in [1.82, 2.24) is 20.8 Å². The number of hydrogen-bond acceptors (Lipinski definition) is 2. The highest BCUT2D eigenvalue weighted by Gasteiger charge is 2.17. The number of halogens is 1. The van der Waals surface area contributed by atoms with E-state index in [4.69, 9.17) is 0 Å². The van der Waals surface area contributed by atoms with Crippen LogP contribution in [0.3, 0.4) is 0 Å². The molecule has 1 rings (SSSR count). The lowest BCUT2D eigenvalue weighted by molar-refractivity contribution is 0.318. The molecule has 0 aliphatic heterocycles. The van der Waals surface area contributed by atoms with E-state index in [2.05, 4.69) is 46.6 Å². The van der Waals surface area contributed by atoms with Crippen molar-refractivity contribution in [1.29, 1.82) is 0 Å². The van der Waals surface area contributed by atoms with Crippen molar-refractivity contribution in [2.75, 3.05) is 13.6 Å². The van der Waals surface area contributed by atoms with E-state index in [-0.39, 0.29) is 24.0 Å². The van der Waals surface area contributed by atoms with Gasteiger partial charge in [0.25, 0.3) is 0 Å². The lowest BCUT2D eigenvalue weighted by atomic mass is 9.87. The van der Waals surface area contributed by atoms with E-state index >= 15 is 0 Å². The van der Waals surface area contributed by atoms with Gasteiger partial charge in [0.15, 0.2) is 5.96 Å². The Morgan fingerprint density at radius 3 is 2.67 bits per heavy atom. The quantitative estimate of drug-likeness (QED) is 0.268. The Bertz CT molecular complexity index is 387. The largest absolute Gasteiger partial charge is 0.356 e. The number of nitrogens with one attached hydrogen (secondary N) is 3. The van der Waals surface area contributed by atoms with Crippen LogP contribution in [0, 0.1) is 5.41 Å². The van der Waals surface area contributed by atoms with E-state index in [1.807, 2.05) is 6.07 Å². The molecule has 0 bridgehead atoms. The summed E-state index contributed by atoms with van der Waals surface area (Å²) in [6, 6.07) is 1.95. The molecule has 0 aromatic carbocycles. The fourth-order valence-electron chi connectivity index (χ4n) is 2.05. The van der Waals surface area contributed by atoms with Gasteiger partial charge in [0, 0.05) is 19.8 Å². The molecular weight excluding hydrogens is 377 g/mol. The zero-order valence-corrected chi connectivity index (χ0v) is 16.0. The van der Waals surface area contributed by atoms with Crippen molar-refractivity contribution in [3.05, 3.63) is 18.0 Å². The van der Waals surface area contributed by atoms with Crippen molar-refractivity contribution >= 4 is 29.9 Å². The summed E-state index contributed by atoms with van der Waals surface area (Å²) in [5.41, 5.74) is 1.34. The van der Waals surface area contributed by atoms with Gasteiger partial charge in [-0.05, 0) is 17.9 Å². The maximum Gasteiger partial charge on any atom is 0.191 e. The van der Waals surface area contributed by atoms with E-state index in [1.54, 1.807) is 13.2 Å². The average Bonchev–Trinajstić information content (AvgIpc) is 2.92. The summed E-state index contributed by atoms with van der Waals surface area (Å²) in [5, 5.41) is 13.5. The van der Waals surface area contributed by atoms with Crippen molar-refractivity contribution in [3.63, 3.8) is 0 Å². The summed E-state index contributed by atoms with van der Waals surface area (Å²) in [6.45, 7) is 8.48. The first-order chi connectivity index (χ1) is 9.57. The summed E-state index contributed by atoms with van der Waals surface area (Å²) >= 11 is 0. The molecule has 122 valence electrons. The zero-order valence-electron chi connectivity index (χ0n) is 13.7. The Hall–Kier alpha value is -0.790. The number of hydrogen-bond donors (Lipinski definition) is 3. The Kier molecular flexibility index (Phi) is 10.5. The molecule has 5 nitrogen and oxygen atoms in total. The zero-order chi connectivity index (χ0) is 14.8. The molecule has 6 heteroatoms. The minimum atomic E-state index is 0. The summed E-state index contributed by atoms with van der Waals surface area (Å²) in [7, 11) is 1.80. The van der Waals surface area contributed by atoms with Crippen LogP contribution < -0.4 is 10.6 Å². The molecule has 0 radical (unpaired) electrons. The highest BCUT2D eigenvalue weighted by atomic mass is 127. The maximum atomic E-state index is 4.25. The predicted octanol–water partition coefficient (Wildman–Crippen LogP) is 3.30. The molecule has 0 atom stereocenters. The fourth-order valence-corrected chi connectivity index (χ4v) is 2.05. The van der Waals surface area contributed by atoms with Gasteiger partial charge in [-0.1, -0.05) is 40.0 Å². The van der Waals surface area contributed by atoms with Gasteiger partial charge < -0.3 is 10.6 Å². The lowest BCUT2D eigenvalue weighted by Crippen LogP contribution is -2.41. The highest BCUT2D eigenvalue weighted by Crippen LogP contribution is 2.22. The summed E-state index contributed by atoms with van der Waals surface area (Å²) in [6.07, 6.45) is 6.88. The van der Waals surface area contributed by atoms with Crippen molar-refractivity contribution in [3.8, 4) is 0 Å². The van der Waals surface area contributed by atoms with Crippen LogP contribution in [0.25, 0.3) is 0 Å². The van der Waals surface area contributed by atoms with E-state index in [0.717, 1.165) is 18.2 Å². The van der Waals surface area contributed by atoms with Crippen LogP contribution >= 0.6 is 24.0 Å². The van der Waals surface area contributed by atoms with Crippen LogP contribution in [0.2, 0.25) is 0 Å². The van der Waals surface area contributed by atoms with Gasteiger partial charge in [0.1, 0.15) is 0 Å². The van der Waals surface area contributed by atoms with Gasteiger partial charge in [-0.3, -0.25) is 10.1 Å². The SMILES string of the molecule is CCCCCC(C)(C)CNC(=NC)NCc1ccn[nH]1.I. The van der Waals surface area contributed by atoms with Crippen molar-refractivity contribution < 1.29 is 0 Å². The van der Waals surface area contributed by atoms with Gasteiger partial charge in [0.2, 0.25) is 0 Å². The molecule has 0 aliphatic rings. The Morgan fingerprint density at radius 2 is 2.10 bits per heavy atom. The number of rotatable bonds is 8. The van der Waals surface area contributed by atoms with Gasteiger partial charge in [-0.15, -0.1) is 24.0 Å². The second-order valence-corrected chi connectivity index (χ2v) is 5.98. The first kappa shape index (κ1) is 20.2. The number of H-pyrrole nitrogens is 1. The fraction of sp³-hybridized carbons (Fsp3) is 0.733. The average molecular weight is 407 g/mol. The first-order valence-corrected chi connectivity index (χ1v) is 7.50. The standard InChI is InChI=1S/C15H29N5.HI/c1-5-6-7-9-15(2,3)12-18-14(16-4)17-11-13-8-10-19-20-13;/h8,10H,5-7,9,11-12H2,1-4H3,(H,19,20)(H2,16,17,18);1H. The molecule has 0 spiro atoms. The molecule has 0 saturated heterocycles. The van der Waals surface area contributed by atoms with Gasteiger partial charge in [0.05, 0.1) is 12.2 Å².